The first-order valence-electron chi connectivity index (χ1n) is 5.72. The Morgan fingerprint density at radius 2 is 1.89 bits per heavy atom. The molecule has 1 rings (SSSR count). The molecule has 0 bridgehead atoms. The summed E-state index contributed by atoms with van der Waals surface area (Å²) in [6, 6.07) is -1.04. The first-order chi connectivity index (χ1) is 8.74. The standard InChI is InChI=1S/C12H16N2O5/c1-12(2,3)19-11(18)13-6-8(7-15)14-9(16)4-5-10(14)17/h4-5,7-8H,6H2,1-3H3,(H,13,18)/t8-/m0/s1. The number of rotatable bonds is 4. The molecule has 3 amide bonds. The smallest absolute Gasteiger partial charge is 0.407 e. The Kier molecular flexibility index (Phi) is 4.42. The summed E-state index contributed by atoms with van der Waals surface area (Å²) in [5.41, 5.74) is -0.665. The first-order valence-corrected chi connectivity index (χ1v) is 5.72. The molecule has 104 valence electrons. The number of amides is 3. The highest BCUT2D eigenvalue weighted by Crippen LogP contribution is 2.09. The SMILES string of the molecule is CC(C)(C)OC(=O)NC[C@@H](C=O)N1C(=O)C=CC1=O. The van der Waals surface area contributed by atoms with Crippen LogP contribution < -0.4 is 5.32 Å². The average molecular weight is 268 g/mol. The Morgan fingerprint density at radius 3 is 2.32 bits per heavy atom. The highest BCUT2D eigenvalue weighted by molar-refractivity contribution is 6.14. The minimum Gasteiger partial charge on any atom is -0.444 e. The van der Waals surface area contributed by atoms with Gasteiger partial charge in [0, 0.05) is 18.7 Å². The largest absolute Gasteiger partial charge is 0.444 e. The van der Waals surface area contributed by atoms with Crippen LogP contribution in [0, 0.1) is 0 Å². The molecule has 1 aliphatic rings. The van der Waals surface area contributed by atoms with Crippen molar-refractivity contribution in [1.29, 1.82) is 0 Å². The van der Waals surface area contributed by atoms with Gasteiger partial charge in [-0.2, -0.15) is 0 Å². The molecule has 0 fully saturated rings. The van der Waals surface area contributed by atoms with Gasteiger partial charge < -0.3 is 14.8 Å². The second-order valence-corrected chi connectivity index (χ2v) is 4.97. The molecule has 0 aliphatic carbocycles. The molecule has 0 spiro atoms. The lowest BCUT2D eigenvalue weighted by molar-refractivity contribution is -0.141. The summed E-state index contributed by atoms with van der Waals surface area (Å²) in [6.07, 6.45) is 1.87. The number of nitrogens with zero attached hydrogens (tertiary/aromatic N) is 1. The van der Waals surface area contributed by atoms with Crippen LogP contribution in [0.2, 0.25) is 0 Å². The monoisotopic (exact) mass is 268 g/mol. The van der Waals surface area contributed by atoms with E-state index in [0.29, 0.717) is 6.29 Å². The Bertz CT molecular complexity index is 418. The van der Waals surface area contributed by atoms with Gasteiger partial charge in [0.2, 0.25) is 0 Å². The maximum Gasteiger partial charge on any atom is 0.407 e. The van der Waals surface area contributed by atoms with E-state index < -0.39 is 29.6 Å². The summed E-state index contributed by atoms with van der Waals surface area (Å²) < 4.78 is 4.98. The fourth-order valence-electron chi connectivity index (χ4n) is 1.44. The van der Waals surface area contributed by atoms with Gasteiger partial charge in [-0.05, 0) is 20.8 Å². The summed E-state index contributed by atoms with van der Waals surface area (Å²) in [6.45, 7) is 4.90. The minimum absolute atomic E-state index is 0.183. The molecule has 7 heteroatoms. The van der Waals surface area contributed by atoms with Gasteiger partial charge >= 0.3 is 6.09 Å². The van der Waals surface area contributed by atoms with Gasteiger partial charge in [-0.25, -0.2) is 4.79 Å². The predicted octanol–water partition coefficient (Wildman–Crippen LogP) is 0.00360. The van der Waals surface area contributed by atoms with Crippen LogP contribution >= 0.6 is 0 Å². The zero-order valence-electron chi connectivity index (χ0n) is 11.0. The van der Waals surface area contributed by atoms with Crippen LogP contribution in [0.5, 0.6) is 0 Å². The van der Waals surface area contributed by atoms with E-state index in [-0.39, 0.29) is 6.54 Å². The molecule has 1 heterocycles. The van der Waals surface area contributed by atoms with E-state index in [9.17, 15) is 19.2 Å². The molecule has 0 saturated heterocycles. The summed E-state index contributed by atoms with van der Waals surface area (Å²) in [5, 5.41) is 2.34. The van der Waals surface area contributed by atoms with E-state index in [1.54, 1.807) is 20.8 Å². The van der Waals surface area contributed by atoms with Crippen molar-refractivity contribution in [3.8, 4) is 0 Å². The summed E-state index contributed by atoms with van der Waals surface area (Å²) in [4.78, 5) is 45.8. The number of carbonyl (C=O) groups excluding carboxylic acids is 4. The van der Waals surface area contributed by atoms with Crippen LogP contribution in [0.15, 0.2) is 12.2 Å². The fourth-order valence-corrected chi connectivity index (χ4v) is 1.44. The molecule has 1 atom stereocenters. The van der Waals surface area contributed by atoms with Crippen molar-refractivity contribution in [2.24, 2.45) is 0 Å². The van der Waals surface area contributed by atoms with Crippen molar-refractivity contribution in [1.82, 2.24) is 10.2 Å². The zero-order chi connectivity index (χ0) is 14.6. The molecule has 1 aliphatic heterocycles. The normalized spacial score (nSPS) is 16.5. The molecule has 0 radical (unpaired) electrons. The topological polar surface area (TPSA) is 92.8 Å². The highest BCUT2D eigenvalue weighted by Gasteiger charge is 2.31. The van der Waals surface area contributed by atoms with Crippen LogP contribution in [-0.2, 0) is 19.1 Å². The first kappa shape index (κ1) is 14.9. The Balaban J connectivity index is 2.55. The third-order valence-electron chi connectivity index (χ3n) is 2.19. The Morgan fingerprint density at radius 1 is 1.37 bits per heavy atom. The second kappa shape index (κ2) is 5.64. The van der Waals surface area contributed by atoms with Crippen LogP contribution in [-0.4, -0.2) is 47.3 Å². The molecular weight excluding hydrogens is 252 g/mol. The van der Waals surface area contributed by atoms with Crippen molar-refractivity contribution >= 4 is 24.2 Å². The van der Waals surface area contributed by atoms with E-state index in [0.717, 1.165) is 17.1 Å². The fraction of sp³-hybridized carbons (Fsp3) is 0.500. The number of ether oxygens (including phenoxy) is 1. The number of alkyl carbamates (subject to hydrolysis) is 1. The number of nitrogens with one attached hydrogen (secondary N) is 1. The number of hydrogen-bond donors (Lipinski definition) is 1. The second-order valence-electron chi connectivity index (χ2n) is 4.97. The molecule has 0 aromatic carbocycles. The van der Waals surface area contributed by atoms with Crippen LogP contribution in [0.1, 0.15) is 20.8 Å². The number of carbonyl (C=O) groups is 4. The molecular formula is C12H16N2O5. The van der Waals surface area contributed by atoms with Crippen LogP contribution in [0.3, 0.4) is 0 Å². The third kappa shape index (κ3) is 4.20. The molecule has 7 nitrogen and oxygen atoms in total. The number of aldehydes is 1. The Hall–Kier alpha value is -2.18. The summed E-state index contributed by atoms with van der Waals surface area (Å²) in [7, 11) is 0. The zero-order valence-corrected chi connectivity index (χ0v) is 11.0. The maximum atomic E-state index is 11.4. The average Bonchev–Trinajstić information content (AvgIpc) is 2.59. The van der Waals surface area contributed by atoms with Crippen molar-refractivity contribution in [2.45, 2.75) is 32.4 Å². The highest BCUT2D eigenvalue weighted by atomic mass is 16.6. The van der Waals surface area contributed by atoms with Gasteiger partial charge in [0.15, 0.2) is 0 Å². The van der Waals surface area contributed by atoms with Gasteiger partial charge in [0.05, 0.1) is 0 Å². The van der Waals surface area contributed by atoms with E-state index >= 15 is 0 Å². The van der Waals surface area contributed by atoms with Crippen molar-refractivity contribution in [3.05, 3.63) is 12.2 Å². The van der Waals surface area contributed by atoms with Gasteiger partial charge in [0.1, 0.15) is 17.9 Å². The minimum atomic E-state index is -1.04. The van der Waals surface area contributed by atoms with Crippen LogP contribution in [0.4, 0.5) is 4.79 Å². The molecule has 19 heavy (non-hydrogen) atoms. The van der Waals surface area contributed by atoms with Gasteiger partial charge in [-0.3, -0.25) is 14.5 Å². The number of imide groups is 1. The quantitative estimate of drug-likeness (QED) is 0.572. The van der Waals surface area contributed by atoms with E-state index in [1.807, 2.05) is 0 Å². The maximum absolute atomic E-state index is 11.4. The number of hydrogen-bond acceptors (Lipinski definition) is 5. The van der Waals surface area contributed by atoms with Crippen LogP contribution in [0.25, 0.3) is 0 Å². The lowest BCUT2D eigenvalue weighted by Gasteiger charge is -2.23. The van der Waals surface area contributed by atoms with Gasteiger partial charge in [-0.1, -0.05) is 0 Å². The molecule has 0 unspecified atom stereocenters. The molecule has 0 aromatic heterocycles. The molecule has 0 saturated carbocycles. The molecule has 0 aromatic rings. The van der Waals surface area contributed by atoms with E-state index in [4.69, 9.17) is 4.74 Å². The van der Waals surface area contributed by atoms with Crippen molar-refractivity contribution in [3.63, 3.8) is 0 Å². The third-order valence-corrected chi connectivity index (χ3v) is 2.19. The van der Waals surface area contributed by atoms with Crippen molar-refractivity contribution in [2.75, 3.05) is 6.54 Å². The molecule has 1 N–H and O–H groups in total. The van der Waals surface area contributed by atoms with Gasteiger partial charge in [0.25, 0.3) is 11.8 Å². The Labute approximate surface area is 110 Å². The summed E-state index contributed by atoms with van der Waals surface area (Å²) in [5.74, 6) is -1.15. The van der Waals surface area contributed by atoms with E-state index in [1.165, 1.54) is 0 Å². The van der Waals surface area contributed by atoms with Crippen molar-refractivity contribution < 1.29 is 23.9 Å². The predicted molar refractivity (Wildman–Crippen MR) is 65.1 cm³/mol. The lowest BCUT2D eigenvalue weighted by atomic mass is 10.2. The summed E-state index contributed by atoms with van der Waals surface area (Å²) >= 11 is 0. The van der Waals surface area contributed by atoms with Gasteiger partial charge in [-0.15, -0.1) is 0 Å². The van der Waals surface area contributed by atoms with E-state index in [2.05, 4.69) is 5.32 Å². The lowest BCUT2D eigenvalue weighted by Crippen LogP contribution is -2.48.